The summed E-state index contributed by atoms with van der Waals surface area (Å²) in [6, 6.07) is 8.04. The number of carbonyl (C=O) groups is 4. The summed E-state index contributed by atoms with van der Waals surface area (Å²) in [5.41, 5.74) is 11.0. The van der Waals surface area contributed by atoms with Crippen molar-refractivity contribution in [1.82, 2.24) is 10.2 Å². The molecule has 1 aromatic rings. The molecule has 1 rings (SSSR count). The maximum Gasteiger partial charge on any atom is 0.410 e. The summed E-state index contributed by atoms with van der Waals surface area (Å²) >= 11 is 0. The molecule has 0 aliphatic carbocycles. The van der Waals surface area contributed by atoms with Gasteiger partial charge in [-0.3, -0.25) is 14.4 Å². The van der Waals surface area contributed by atoms with Crippen LogP contribution in [0, 0.1) is 0 Å². The van der Waals surface area contributed by atoms with Crippen LogP contribution in [0.3, 0.4) is 0 Å². The molecule has 4 amide bonds. The predicted octanol–water partition coefficient (Wildman–Crippen LogP) is -0.509. The van der Waals surface area contributed by atoms with E-state index in [1.54, 1.807) is 12.1 Å². The van der Waals surface area contributed by atoms with Gasteiger partial charge in [-0.2, -0.15) is 0 Å². The van der Waals surface area contributed by atoms with Gasteiger partial charge in [0.2, 0.25) is 17.7 Å². The van der Waals surface area contributed by atoms with Gasteiger partial charge in [0, 0.05) is 13.5 Å². The van der Waals surface area contributed by atoms with Gasteiger partial charge in [-0.1, -0.05) is 30.3 Å². The topological polar surface area (TPSA) is 145 Å². The van der Waals surface area contributed by atoms with Crippen molar-refractivity contribution in [1.29, 1.82) is 0 Å². The van der Waals surface area contributed by atoms with E-state index in [1.165, 1.54) is 7.05 Å². The highest BCUT2D eigenvalue weighted by Crippen LogP contribution is 2.02. The minimum atomic E-state index is -1.03. The summed E-state index contributed by atoms with van der Waals surface area (Å²) in [7, 11) is 1.38. The first-order valence-corrected chi connectivity index (χ1v) is 7.58. The molecule has 0 unspecified atom stereocenters. The molecule has 5 N–H and O–H groups in total. The minimum absolute atomic E-state index is 0.00141. The predicted molar refractivity (Wildman–Crippen MR) is 88.8 cm³/mol. The highest BCUT2D eigenvalue weighted by atomic mass is 16.6. The van der Waals surface area contributed by atoms with Crippen molar-refractivity contribution in [2.75, 3.05) is 13.6 Å². The van der Waals surface area contributed by atoms with Gasteiger partial charge >= 0.3 is 6.09 Å². The molecule has 0 radical (unpaired) electrons. The van der Waals surface area contributed by atoms with Crippen LogP contribution in [0.15, 0.2) is 30.3 Å². The normalized spacial score (nSPS) is 11.2. The van der Waals surface area contributed by atoms with Crippen molar-refractivity contribution in [2.24, 2.45) is 11.5 Å². The SMILES string of the molecule is CN(CC(=O)N[C@@H](CCC(N)=O)C(N)=O)C(=O)OCc1ccccc1. The van der Waals surface area contributed by atoms with E-state index in [0.29, 0.717) is 0 Å². The van der Waals surface area contributed by atoms with Crippen LogP contribution in [0.4, 0.5) is 4.79 Å². The molecule has 0 aromatic heterocycles. The number of carbonyl (C=O) groups excluding carboxylic acids is 4. The highest BCUT2D eigenvalue weighted by molar-refractivity contribution is 5.89. The summed E-state index contributed by atoms with van der Waals surface area (Å²) in [6.45, 7) is -0.248. The number of nitrogens with one attached hydrogen (secondary N) is 1. The molecule has 0 fully saturated rings. The van der Waals surface area contributed by atoms with Crippen LogP contribution < -0.4 is 16.8 Å². The lowest BCUT2D eigenvalue weighted by Crippen LogP contribution is -2.48. The highest BCUT2D eigenvalue weighted by Gasteiger charge is 2.21. The molecule has 0 bridgehead atoms. The first-order valence-electron chi connectivity index (χ1n) is 7.58. The largest absolute Gasteiger partial charge is 0.445 e. The van der Waals surface area contributed by atoms with Gasteiger partial charge in [0.1, 0.15) is 19.2 Å². The molecule has 0 heterocycles. The Morgan fingerprint density at radius 1 is 1.16 bits per heavy atom. The number of hydrogen-bond donors (Lipinski definition) is 3. The molecule has 136 valence electrons. The lowest BCUT2D eigenvalue weighted by molar-refractivity contribution is -0.128. The Bertz CT molecular complexity index is 620. The van der Waals surface area contributed by atoms with E-state index in [-0.39, 0.29) is 26.0 Å². The minimum Gasteiger partial charge on any atom is -0.445 e. The third kappa shape index (κ3) is 7.82. The van der Waals surface area contributed by atoms with Crippen molar-refractivity contribution in [2.45, 2.75) is 25.5 Å². The van der Waals surface area contributed by atoms with E-state index in [1.807, 2.05) is 18.2 Å². The Kier molecular flexibility index (Phi) is 7.91. The van der Waals surface area contributed by atoms with E-state index < -0.39 is 29.9 Å². The monoisotopic (exact) mass is 350 g/mol. The zero-order valence-corrected chi connectivity index (χ0v) is 13.9. The number of likely N-dealkylation sites (N-methyl/N-ethyl adjacent to an activating group) is 1. The lowest BCUT2D eigenvalue weighted by Gasteiger charge is -2.19. The van der Waals surface area contributed by atoms with Crippen LogP contribution in [0.25, 0.3) is 0 Å². The summed E-state index contributed by atoms with van der Waals surface area (Å²) in [5.74, 6) is -2.00. The average Bonchev–Trinajstić information content (AvgIpc) is 2.56. The fraction of sp³-hybridized carbons (Fsp3) is 0.375. The first kappa shape index (κ1) is 19.9. The Balaban J connectivity index is 2.44. The molecule has 0 aliphatic heterocycles. The second-order valence-electron chi connectivity index (χ2n) is 5.42. The van der Waals surface area contributed by atoms with Crippen molar-refractivity contribution in [3.63, 3.8) is 0 Å². The average molecular weight is 350 g/mol. The maximum absolute atomic E-state index is 11.9. The molecule has 0 saturated carbocycles. The Hall–Kier alpha value is -3.10. The van der Waals surface area contributed by atoms with Crippen LogP contribution in [0.5, 0.6) is 0 Å². The van der Waals surface area contributed by atoms with Crippen molar-refractivity contribution in [3.8, 4) is 0 Å². The zero-order valence-electron chi connectivity index (χ0n) is 13.9. The van der Waals surface area contributed by atoms with E-state index in [2.05, 4.69) is 5.32 Å². The molecular formula is C16H22N4O5. The maximum atomic E-state index is 11.9. The van der Waals surface area contributed by atoms with Gasteiger partial charge in [0.25, 0.3) is 0 Å². The van der Waals surface area contributed by atoms with E-state index >= 15 is 0 Å². The van der Waals surface area contributed by atoms with Crippen LogP contribution in [0.2, 0.25) is 0 Å². The molecule has 9 nitrogen and oxygen atoms in total. The summed E-state index contributed by atoms with van der Waals surface area (Å²) < 4.78 is 5.08. The van der Waals surface area contributed by atoms with Gasteiger partial charge < -0.3 is 26.4 Å². The van der Waals surface area contributed by atoms with Gasteiger partial charge in [-0.05, 0) is 12.0 Å². The number of amides is 4. The van der Waals surface area contributed by atoms with Crippen LogP contribution in [-0.4, -0.2) is 48.3 Å². The Labute approximate surface area is 145 Å². The first-order chi connectivity index (χ1) is 11.8. The summed E-state index contributed by atoms with van der Waals surface area (Å²) in [5, 5.41) is 2.36. The van der Waals surface area contributed by atoms with Gasteiger partial charge in [0.05, 0.1) is 0 Å². The number of rotatable bonds is 9. The standard InChI is InChI=1S/C16H22N4O5/c1-20(16(24)25-10-11-5-3-2-4-6-11)9-14(22)19-12(15(18)23)7-8-13(17)21/h2-6,12H,7-10H2,1H3,(H2,17,21)(H2,18,23)(H,19,22)/t12-/m0/s1. The molecule has 0 spiro atoms. The number of hydrogen-bond acceptors (Lipinski definition) is 5. The molecule has 0 saturated heterocycles. The number of primary amides is 2. The molecule has 25 heavy (non-hydrogen) atoms. The molecule has 1 atom stereocenters. The zero-order chi connectivity index (χ0) is 18.8. The molecule has 0 aliphatic rings. The fourth-order valence-electron chi connectivity index (χ4n) is 1.92. The second-order valence-corrected chi connectivity index (χ2v) is 5.42. The van der Waals surface area contributed by atoms with E-state index in [0.717, 1.165) is 10.5 Å². The van der Waals surface area contributed by atoms with Crippen LogP contribution in [0.1, 0.15) is 18.4 Å². The summed E-state index contributed by atoms with van der Waals surface area (Å²) in [4.78, 5) is 46.9. The van der Waals surface area contributed by atoms with Crippen LogP contribution >= 0.6 is 0 Å². The third-order valence-electron chi connectivity index (χ3n) is 3.26. The third-order valence-corrected chi connectivity index (χ3v) is 3.26. The fourth-order valence-corrected chi connectivity index (χ4v) is 1.92. The number of ether oxygens (including phenoxy) is 1. The second kappa shape index (κ2) is 9.91. The van der Waals surface area contributed by atoms with Crippen molar-refractivity contribution in [3.05, 3.63) is 35.9 Å². The number of benzene rings is 1. The number of nitrogens with two attached hydrogens (primary N) is 2. The number of nitrogens with zero attached hydrogens (tertiary/aromatic N) is 1. The quantitative estimate of drug-likeness (QED) is 0.549. The smallest absolute Gasteiger partial charge is 0.410 e. The van der Waals surface area contributed by atoms with Crippen molar-refractivity contribution >= 4 is 23.8 Å². The Morgan fingerprint density at radius 2 is 1.80 bits per heavy atom. The summed E-state index contributed by atoms with van der Waals surface area (Å²) in [6.07, 6.45) is -0.784. The molecule has 9 heteroatoms. The Morgan fingerprint density at radius 3 is 2.36 bits per heavy atom. The lowest BCUT2D eigenvalue weighted by atomic mass is 10.1. The van der Waals surface area contributed by atoms with E-state index in [4.69, 9.17) is 16.2 Å². The molecular weight excluding hydrogens is 328 g/mol. The van der Waals surface area contributed by atoms with Gasteiger partial charge in [0.15, 0.2) is 0 Å². The van der Waals surface area contributed by atoms with Gasteiger partial charge in [-0.15, -0.1) is 0 Å². The van der Waals surface area contributed by atoms with Crippen LogP contribution in [-0.2, 0) is 25.7 Å². The van der Waals surface area contributed by atoms with E-state index in [9.17, 15) is 19.2 Å². The van der Waals surface area contributed by atoms with Crippen molar-refractivity contribution < 1.29 is 23.9 Å². The van der Waals surface area contributed by atoms with Gasteiger partial charge in [-0.25, -0.2) is 4.79 Å². The molecule has 1 aromatic carbocycles.